The summed E-state index contributed by atoms with van der Waals surface area (Å²) in [7, 11) is 3.19. The molecule has 0 spiro atoms. The zero-order valence-corrected chi connectivity index (χ0v) is 17.8. The predicted octanol–water partition coefficient (Wildman–Crippen LogP) is 4.55. The SMILES string of the molecule is COc1ccc(-c2nc(NC(=O)c3ccc4c(c3)OCCCO4)sc2C)cc1OC. The average Bonchev–Trinajstić information content (AvgIpc) is 2.97. The van der Waals surface area contributed by atoms with Crippen LogP contribution in [0, 0.1) is 6.92 Å². The number of ether oxygens (including phenoxy) is 4. The van der Waals surface area contributed by atoms with E-state index in [1.807, 2.05) is 25.1 Å². The Kier molecular flexibility index (Phi) is 5.76. The highest BCUT2D eigenvalue weighted by Crippen LogP contribution is 2.36. The van der Waals surface area contributed by atoms with E-state index in [4.69, 9.17) is 18.9 Å². The number of carbonyl (C=O) groups excluding carboxylic acids is 1. The second kappa shape index (κ2) is 8.62. The van der Waals surface area contributed by atoms with Crippen LogP contribution in [0.5, 0.6) is 23.0 Å². The fraction of sp³-hybridized carbons (Fsp3) is 0.273. The normalized spacial score (nSPS) is 12.8. The van der Waals surface area contributed by atoms with E-state index in [1.165, 1.54) is 11.3 Å². The molecule has 4 rings (SSSR count). The van der Waals surface area contributed by atoms with Crippen molar-refractivity contribution in [3.05, 3.63) is 46.8 Å². The van der Waals surface area contributed by atoms with Crippen molar-refractivity contribution in [1.29, 1.82) is 0 Å². The highest BCUT2D eigenvalue weighted by molar-refractivity contribution is 7.16. The van der Waals surface area contributed by atoms with Gasteiger partial charge in [-0.05, 0) is 43.3 Å². The van der Waals surface area contributed by atoms with Gasteiger partial charge in [-0.3, -0.25) is 10.1 Å². The smallest absolute Gasteiger partial charge is 0.257 e. The second-order valence-corrected chi connectivity index (χ2v) is 7.86. The number of methoxy groups -OCH3 is 2. The number of hydrogen-bond donors (Lipinski definition) is 1. The van der Waals surface area contributed by atoms with Gasteiger partial charge in [0.1, 0.15) is 0 Å². The number of nitrogens with zero attached hydrogens (tertiary/aromatic N) is 1. The van der Waals surface area contributed by atoms with Crippen LogP contribution in [-0.2, 0) is 0 Å². The second-order valence-electron chi connectivity index (χ2n) is 6.66. The summed E-state index contributed by atoms with van der Waals surface area (Å²) >= 11 is 1.42. The Hall–Kier alpha value is -3.26. The van der Waals surface area contributed by atoms with Crippen LogP contribution in [-0.4, -0.2) is 38.3 Å². The predicted molar refractivity (Wildman–Crippen MR) is 115 cm³/mol. The van der Waals surface area contributed by atoms with E-state index in [-0.39, 0.29) is 5.91 Å². The van der Waals surface area contributed by atoms with Crippen molar-refractivity contribution in [1.82, 2.24) is 4.98 Å². The first-order valence-corrected chi connectivity index (χ1v) is 10.3. The summed E-state index contributed by atoms with van der Waals surface area (Å²) in [5.74, 6) is 2.27. The fourth-order valence-corrected chi connectivity index (χ4v) is 4.01. The summed E-state index contributed by atoms with van der Waals surface area (Å²) < 4.78 is 22.0. The number of rotatable bonds is 5. The van der Waals surface area contributed by atoms with Gasteiger partial charge in [-0.25, -0.2) is 4.98 Å². The number of benzene rings is 2. The molecule has 0 bridgehead atoms. The molecule has 0 radical (unpaired) electrons. The number of aryl methyl sites for hydroxylation is 1. The molecule has 2 heterocycles. The first kappa shape index (κ1) is 20.0. The first-order valence-electron chi connectivity index (χ1n) is 9.50. The van der Waals surface area contributed by atoms with Crippen LogP contribution in [0.25, 0.3) is 11.3 Å². The van der Waals surface area contributed by atoms with Crippen LogP contribution >= 0.6 is 11.3 Å². The first-order chi connectivity index (χ1) is 14.6. The molecule has 0 saturated carbocycles. The molecule has 2 aromatic carbocycles. The van der Waals surface area contributed by atoms with E-state index in [2.05, 4.69) is 10.3 Å². The highest BCUT2D eigenvalue weighted by atomic mass is 32.1. The van der Waals surface area contributed by atoms with Crippen molar-refractivity contribution in [2.45, 2.75) is 13.3 Å². The number of fused-ring (bicyclic) bond motifs is 1. The van der Waals surface area contributed by atoms with Gasteiger partial charge in [-0.15, -0.1) is 11.3 Å². The Labute approximate surface area is 178 Å². The van der Waals surface area contributed by atoms with Gasteiger partial charge in [0.25, 0.3) is 5.91 Å². The Morgan fingerprint density at radius 3 is 2.57 bits per heavy atom. The third kappa shape index (κ3) is 4.04. The average molecular weight is 426 g/mol. The minimum absolute atomic E-state index is 0.252. The van der Waals surface area contributed by atoms with E-state index in [9.17, 15) is 4.79 Å². The van der Waals surface area contributed by atoms with Gasteiger partial charge in [0.05, 0.1) is 33.1 Å². The largest absolute Gasteiger partial charge is 0.493 e. The van der Waals surface area contributed by atoms with Gasteiger partial charge in [-0.1, -0.05) is 0 Å². The van der Waals surface area contributed by atoms with Gasteiger partial charge in [0, 0.05) is 22.4 Å². The van der Waals surface area contributed by atoms with Crippen molar-refractivity contribution in [3.8, 4) is 34.3 Å². The molecule has 30 heavy (non-hydrogen) atoms. The minimum Gasteiger partial charge on any atom is -0.493 e. The topological polar surface area (TPSA) is 78.9 Å². The number of anilines is 1. The van der Waals surface area contributed by atoms with Crippen LogP contribution in [0.15, 0.2) is 36.4 Å². The van der Waals surface area contributed by atoms with Crippen molar-refractivity contribution in [2.24, 2.45) is 0 Å². The Balaban J connectivity index is 1.55. The molecule has 0 atom stereocenters. The number of carbonyl (C=O) groups is 1. The molecule has 8 heteroatoms. The lowest BCUT2D eigenvalue weighted by Gasteiger charge is -2.09. The molecule has 1 aliphatic heterocycles. The molecular weight excluding hydrogens is 404 g/mol. The van der Waals surface area contributed by atoms with Crippen molar-refractivity contribution >= 4 is 22.4 Å². The number of nitrogens with one attached hydrogen (secondary N) is 1. The van der Waals surface area contributed by atoms with Crippen LogP contribution < -0.4 is 24.3 Å². The van der Waals surface area contributed by atoms with Crippen molar-refractivity contribution < 1.29 is 23.7 Å². The molecule has 1 aromatic heterocycles. The van der Waals surface area contributed by atoms with E-state index in [0.717, 1.165) is 22.6 Å². The molecule has 1 amide bonds. The third-order valence-electron chi connectivity index (χ3n) is 4.68. The molecule has 1 aliphatic rings. The summed E-state index contributed by atoms with van der Waals surface area (Å²) in [6, 6.07) is 10.8. The molecular formula is C22H22N2O5S. The van der Waals surface area contributed by atoms with E-state index in [1.54, 1.807) is 32.4 Å². The monoisotopic (exact) mass is 426 g/mol. The van der Waals surface area contributed by atoms with Gasteiger partial charge < -0.3 is 18.9 Å². The third-order valence-corrected chi connectivity index (χ3v) is 5.57. The zero-order valence-electron chi connectivity index (χ0n) is 17.0. The molecule has 0 fully saturated rings. The number of thiazole rings is 1. The van der Waals surface area contributed by atoms with Gasteiger partial charge in [0.15, 0.2) is 28.1 Å². The zero-order chi connectivity index (χ0) is 21.1. The maximum Gasteiger partial charge on any atom is 0.257 e. The number of hydrogen-bond acceptors (Lipinski definition) is 7. The molecule has 156 valence electrons. The Bertz CT molecular complexity index is 1080. The quantitative estimate of drug-likeness (QED) is 0.645. The Morgan fingerprint density at radius 2 is 1.80 bits per heavy atom. The maximum absolute atomic E-state index is 12.7. The van der Waals surface area contributed by atoms with Crippen LogP contribution in [0.4, 0.5) is 5.13 Å². The lowest BCUT2D eigenvalue weighted by Crippen LogP contribution is -2.12. The van der Waals surface area contributed by atoms with Crippen LogP contribution in [0.2, 0.25) is 0 Å². The molecule has 7 nitrogen and oxygen atoms in total. The minimum atomic E-state index is -0.252. The summed E-state index contributed by atoms with van der Waals surface area (Å²) in [5, 5.41) is 3.40. The molecule has 0 aliphatic carbocycles. The summed E-state index contributed by atoms with van der Waals surface area (Å²) in [4.78, 5) is 18.3. The number of aromatic nitrogens is 1. The molecule has 1 N–H and O–H groups in total. The number of amides is 1. The van der Waals surface area contributed by atoms with E-state index >= 15 is 0 Å². The van der Waals surface area contributed by atoms with Crippen LogP contribution in [0.1, 0.15) is 21.7 Å². The van der Waals surface area contributed by atoms with Gasteiger partial charge >= 0.3 is 0 Å². The fourth-order valence-electron chi connectivity index (χ4n) is 3.18. The lowest BCUT2D eigenvalue weighted by atomic mass is 10.1. The summed E-state index contributed by atoms with van der Waals surface area (Å²) in [5.41, 5.74) is 2.16. The van der Waals surface area contributed by atoms with Gasteiger partial charge in [-0.2, -0.15) is 0 Å². The van der Waals surface area contributed by atoms with Crippen molar-refractivity contribution in [3.63, 3.8) is 0 Å². The van der Waals surface area contributed by atoms with E-state index in [0.29, 0.717) is 46.9 Å². The van der Waals surface area contributed by atoms with E-state index < -0.39 is 0 Å². The molecule has 3 aromatic rings. The molecule has 0 saturated heterocycles. The standard InChI is InChI=1S/C22H22N2O5S/c1-13-20(14-5-7-16(26-2)18(11-14)27-3)23-22(30-13)24-21(25)15-6-8-17-19(12-15)29-10-4-9-28-17/h5-8,11-12H,4,9-10H2,1-3H3,(H,23,24,25). The van der Waals surface area contributed by atoms with Gasteiger partial charge in [0.2, 0.25) is 0 Å². The molecule has 0 unspecified atom stereocenters. The summed E-state index contributed by atoms with van der Waals surface area (Å²) in [6.07, 6.45) is 0.813. The Morgan fingerprint density at radius 1 is 1.03 bits per heavy atom. The van der Waals surface area contributed by atoms with Crippen LogP contribution in [0.3, 0.4) is 0 Å². The van der Waals surface area contributed by atoms with Crippen molar-refractivity contribution in [2.75, 3.05) is 32.8 Å². The maximum atomic E-state index is 12.7. The lowest BCUT2D eigenvalue weighted by molar-refractivity contribution is 0.102. The highest BCUT2D eigenvalue weighted by Gasteiger charge is 2.17. The summed E-state index contributed by atoms with van der Waals surface area (Å²) in [6.45, 7) is 3.14.